The predicted molar refractivity (Wildman–Crippen MR) is 105 cm³/mol. The predicted octanol–water partition coefficient (Wildman–Crippen LogP) is 5.18. The minimum absolute atomic E-state index is 0.00693. The minimum atomic E-state index is -0.441. The van der Waals surface area contributed by atoms with Gasteiger partial charge in [-0.2, -0.15) is 5.26 Å². The van der Waals surface area contributed by atoms with Crippen molar-refractivity contribution in [1.82, 2.24) is 4.98 Å². The summed E-state index contributed by atoms with van der Waals surface area (Å²) >= 11 is 1.33. The lowest BCUT2D eigenvalue weighted by molar-refractivity contribution is -0.384. The van der Waals surface area contributed by atoms with Crippen LogP contribution in [0, 0.1) is 21.4 Å². The van der Waals surface area contributed by atoms with Gasteiger partial charge in [0, 0.05) is 23.1 Å². The fraction of sp³-hybridized carbons (Fsp3) is 0.100. The van der Waals surface area contributed by atoms with Crippen molar-refractivity contribution in [2.24, 2.45) is 0 Å². The first-order valence-electron chi connectivity index (χ1n) is 8.16. The zero-order valence-electron chi connectivity index (χ0n) is 14.5. The van der Waals surface area contributed by atoms with Crippen LogP contribution in [0.5, 0.6) is 5.75 Å². The summed E-state index contributed by atoms with van der Waals surface area (Å²) in [5.41, 5.74) is 2.55. The molecule has 0 aliphatic carbocycles. The Hall–Kier alpha value is -3.50. The van der Waals surface area contributed by atoms with Crippen molar-refractivity contribution in [2.75, 3.05) is 6.61 Å². The van der Waals surface area contributed by atoms with Gasteiger partial charge in [-0.25, -0.2) is 4.98 Å². The van der Waals surface area contributed by atoms with Gasteiger partial charge in [-0.1, -0.05) is 24.3 Å². The van der Waals surface area contributed by atoms with Crippen LogP contribution in [0.3, 0.4) is 0 Å². The van der Waals surface area contributed by atoms with Gasteiger partial charge >= 0.3 is 0 Å². The monoisotopic (exact) mass is 377 g/mol. The number of nitriles is 1. The largest absolute Gasteiger partial charge is 0.494 e. The van der Waals surface area contributed by atoms with Gasteiger partial charge in [-0.15, -0.1) is 11.3 Å². The molecule has 0 spiro atoms. The average molecular weight is 377 g/mol. The second-order valence-corrected chi connectivity index (χ2v) is 6.38. The molecule has 2 aromatic carbocycles. The van der Waals surface area contributed by atoms with E-state index in [0.29, 0.717) is 28.4 Å². The molecule has 134 valence electrons. The number of hydrogen-bond acceptors (Lipinski definition) is 6. The highest BCUT2D eigenvalue weighted by Crippen LogP contribution is 2.29. The standard InChI is InChI=1S/C20H15N3O3S/c1-2-26-18-8-6-14(7-9-18)10-16(12-21)20-22-19(13-27-20)15-4-3-5-17(11-15)23(24)25/h3-11,13H,2H2,1H3/b16-10+. The maximum absolute atomic E-state index is 10.9. The molecule has 1 aromatic heterocycles. The molecule has 0 N–H and O–H groups in total. The summed E-state index contributed by atoms with van der Waals surface area (Å²) in [6, 6.07) is 15.9. The maximum Gasteiger partial charge on any atom is 0.270 e. The van der Waals surface area contributed by atoms with Gasteiger partial charge < -0.3 is 4.74 Å². The van der Waals surface area contributed by atoms with Crippen LogP contribution in [0.15, 0.2) is 53.9 Å². The van der Waals surface area contributed by atoms with Gasteiger partial charge in [0.25, 0.3) is 5.69 Å². The summed E-state index contributed by atoms with van der Waals surface area (Å²) in [7, 11) is 0. The Labute approximate surface area is 160 Å². The maximum atomic E-state index is 10.9. The Bertz CT molecular complexity index is 1030. The molecule has 0 aliphatic heterocycles. The number of allylic oxidation sites excluding steroid dienone is 1. The number of thiazole rings is 1. The molecule has 0 atom stereocenters. The average Bonchev–Trinajstić information content (AvgIpc) is 3.18. The Morgan fingerprint density at radius 1 is 1.33 bits per heavy atom. The molecule has 0 unspecified atom stereocenters. The van der Waals surface area contributed by atoms with E-state index in [4.69, 9.17) is 4.74 Å². The van der Waals surface area contributed by atoms with Crippen LogP contribution in [0.2, 0.25) is 0 Å². The van der Waals surface area contributed by atoms with E-state index >= 15 is 0 Å². The molecule has 0 saturated heterocycles. The lowest BCUT2D eigenvalue weighted by Crippen LogP contribution is -1.90. The van der Waals surface area contributed by atoms with Crippen LogP contribution in [0.1, 0.15) is 17.5 Å². The molecule has 3 rings (SSSR count). The fourth-order valence-corrected chi connectivity index (χ4v) is 3.24. The molecule has 0 amide bonds. The van der Waals surface area contributed by atoms with Crippen LogP contribution >= 0.6 is 11.3 Å². The summed E-state index contributed by atoms with van der Waals surface area (Å²) in [4.78, 5) is 15.0. The third-order valence-electron chi connectivity index (χ3n) is 3.71. The van der Waals surface area contributed by atoms with Crippen molar-refractivity contribution in [2.45, 2.75) is 6.92 Å². The zero-order chi connectivity index (χ0) is 19.2. The quantitative estimate of drug-likeness (QED) is 0.335. The summed E-state index contributed by atoms with van der Waals surface area (Å²) in [5, 5.41) is 22.8. The Morgan fingerprint density at radius 3 is 2.78 bits per heavy atom. The normalized spacial score (nSPS) is 11.0. The highest BCUT2D eigenvalue weighted by atomic mass is 32.1. The highest BCUT2D eigenvalue weighted by molar-refractivity contribution is 7.11. The molecule has 0 fully saturated rings. The first-order chi connectivity index (χ1) is 13.1. The van der Waals surface area contributed by atoms with Gasteiger partial charge in [-0.3, -0.25) is 10.1 Å². The summed E-state index contributed by atoms with van der Waals surface area (Å²) in [6.07, 6.45) is 1.76. The number of non-ortho nitro benzene ring substituents is 1. The molecule has 3 aromatic rings. The Kier molecular flexibility index (Phi) is 5.59. The molecule has 0 saturated carbocycles. The number of rotatable bonds is 6. The van der Waals surface area contributed by atoms with Crippen LogP contribution in [0.25, 0.3) is 22.9 Å². The van der Waals surface area contributed by atoms with Crippen LogP contribution in [-0.4, -0.2) is 16.5 Å². The number of nitro benzene ring substituents is 1. The third kappa shape index (κ3) is 4.37. The molecule has 1 heterocycles. The van der Waals surface area contributed by atoms with E-state index in [1.54, 1.807) is 23.6 Å². The lowest BCUT2D eigenvalue weighted by Gasteiger charge is -2.02. The summed E-state index contributed by atoms with van der Waals surface area (Å²) in [5.74, 6) is 0.773. The third-order valence-corrected chi connectivity index (χ3v) is 4.59. The van der Waals surface area contributed by atoms with Crippen molar-refractivity contribution in [3.8, 4) is 23.1 Å². The van der Waals surface area contributed by atoms with Gasteiger partial charge in [0.1, 0.15) is 16.8 Å². The van der Waals surface area contributed by atoms with E-state index < -0.39 is 4.92 Å². The van der Waals surface area contributed by atoms with Gasteiger partial charge in [0.15, 0.2) is 0 Å². The molecule has 27 heavy (non-hydrogen) atoms. The number of nitrogens with zero attached hydrogens (tertiary/aromatic N) is 3. The molecular formula is C20H15N3O3S. The van der Waals surface area contributed by atoms with Crippen molar-refractivity contribution < 1.29 is 9.66 Å². The molecule has 6 nitrogen and oxygen atoms in total. The second-order valence-electron chi connectivity index (χ2n) is 5.52. The number of nitro groups is 1. The Morgan fingerprint density at radius 2 is 2.11 bits per heavy atom. The minimum Gasteiger partial charge on any atom is -0.494 e. The summed E-state index contributed by atoms with van der Waals surface area (Å²) in [6.45, 7) is 2.52. The Balaban J connectivity index is 1.88. The molecule has 0 radical (unpaired) electrons. The number of ether oxygens (including phenoxy) is 1. The van der Waals surface area contributed by atoms with E-state index in [1.165, 1.54) is 23.5 Å². The van der Waals surface area contributed by atoms with Crippen molar-refractivity contribution in [1.29, 1.82) is 5.26 Å². The second kappa shape index (κ2) is 8.25. The lowest BCUT2D eigenvalue weighted by atomic mass is 10.1. The van der Waals surface area contributed by atoms with Crippen molar-refractivity contribution in [3.63, 3.8) is 0 Å². The van der Waals surface area contributed by atoms with Crippen molar-refractivity contribution >= 4 is 28.7 Å². The van der Waals surface area contributed by atoms with Crippen molar-refractivity contribution in [3.05, 3.63) is 74.6 Å². The van der Waals surface area contributed by atoms with Gasteiger partial charge in [0.2, 0.25) is 0 Å². The van der Waals surface area contributed by atoms with E-state index in [1.807, 2.05) is 31.2 Å². The van der Waals surface area contributed by atoms with Crippen LogP contribution in [-0.2, 0) is 0 Å². The topological polar surface area (TPSA) is 89.0 Å². The van der Waals surface area contributed by atoms with Gasteiger partial charge in [0.05, 0.1) is 22.8 Å². The van der Waals surface area contributed by atoms with E-state index in [9.17, 15) is 15.4 Å². The van der Waals surface area contributed by atoms with Gasteiger partial charge in [-0.05, 0) is 30.7 Å². The van der Waals surface area contributed by atoms with Crippen LogP contribution in [0.4, 0.5) is 5.69 Å². The fourth-order valence-electron chi connectivity index (χ4n) is 2.44. The molecule has 0 aliphatic rings. The zero-order valence-corrected chi connectivity index (χ0v) is 15.3. The number of benzene rings is 2. The molecule has 7 heteroatoms. The van der Waals surface area contributed by atoms with E-state index in [-0.39, 0.29) is 5.69 Å². The van der Waals surface area contributed by atoms with E-state index in [2.05, 4.69) is 11.1 Å². The summed E-state index contributed by atoms with van der Waals surface area (Å²) < 4.78 is 5.41. The number of aromatic nitrogens is 1. The molecular weight excluding hydrogens is 362 g/mol. The SMILES string of the molecule is CCOc1ccc(/C=C(\C#N)c2nc(-c3cccc([N+](=O)[O-])c3)cs2)cc1. The molecule has 0 bridgehead atoms. The highest BCUT2D eigenvalue weighted by Gasteiger charge is 2.12. The smallest absolute Gasteiger partial charge is 0.270 e. The van der Waals surface area contributed by atoms with Crippen LogP contribution < -0.4 is 4.74 Å². The number of hydrogen-bond donors (Lipinski definition) is 0. The first kappa shape index (κ1) is 18.3. The first-order valence-corrected chi connectivity index (χ1v) is 9.04. The van der Waals surface area contributed by atoms with E-state index in [0.717, 1.165) is 11.3 Å².